The summed E-state index contributed by atoms with van der Waals surface area (Å²) >= 11 is 6.21. The molecule has 22 heavy (non-hydrogen) atoms. The van der Waals surface area contributed by atoms with Crippen LogP contribution in [0, 0.1) is 6.92 Å². The fourth-order valence-corrected chi connectivity index (χ4v) is 2.47. The first-order valence-electron chi connectivity index (χ1n) is 6.71. The molecule has 1 amide bonds. The lowest BCUT2D eigenvalue weighted by Gasteiger charge is -2.11. The molecule has 0 radical (unpaired) electrons. The molecule has 4 nitrogen and oxygen atoms in total. The number of rotatable bonds is 2. The van der Waals surface area contributed by atoms with Gasteiger partial charge in [0.15, 0.2) is 0 Å². The van der Waals surface area contributed by atoms with E-state index in [2.05, 4.69) is 10.3 Å². The summed E-state index contributed by atoms with van der Waals surface area (Å²) in [5.41, 5.74) is 2.07. The third-order valence-corrected chi connectivity index (χ3v) is 3.61. The van der Waals surface area contributed by atoms with Crippen LogP contribution >= 0.6 is 11.6 Å². The van der Waals surface area contributed by atoms with Gasteiger partial charge in [-0.1, -0.05) is 29.8 Å². The van der Waals surface area contributed by atoms with E-state index in [9.17, 15) is 9.90 Å². The van der Waals surface area contributed by atoms with Gasteiger partial charge in [0.1, 0.15) is 5.75 Å². The van der Waals surface area contributed by atoms with Crippen molar-refractivity contribution >= 4 is 34.1 Å². The van der Waals surface area contributed by atoms with Crippen molar-refractivity contribution in [2.75, 3.05) is 5.32 Å². The van der Waals surface area contributed by atoms with Gasteiger partial charge in [-0.25, -0.2) is 0 Å². The van der Waals surface area contributed by atoms with Gasteiger partial charge in [0.05, 0.1) is 16.2 Å². The van der Waals surface area contributed by atoms with Crippen LogP contribution in [0.15, 0.2) is 48.5 Å². The number of hydrogen-bond donors (Lipinski definition) is 2. The Morgan fingerprint density at radius 2 is 1.91 bits per heavy atom. The highest BCUT2D eigenvalue weighted by molar-refractivity contribution is 6.36. The maximum atomic E-state index is 12.2. The lowest BCUT2D eigenvalue weighted by atomic mass is 10.1. The molecule has 3 aromatic rings. The molecular weight excluding hydrogens is 300 g/mol. The zero-order valence-corrected chi connectivity index (χ0v) is 12.6. The lowest BCUT2D eigenvalue weighted by Crippen LogP contribution is -2.11. The summed E-state index contributed by atoms with van der Waals surface area (Å²) in [6.07, 6.45) is 0. The van der Waals surface area contributed by atoms with E-state index in [-0.39, 0.29) is 17.3 Å². The van der Waals surface area contributed by atoms with Crippen molar-refractivity contribution in [1.29, 1.82) is 0 Å². The summed E-state index contributed by atoms with van der Waals surface area (Å²) in [4.78, 5) is 16.5. The van der Waals surface area contributed by atoms with Crippen LogP contribution < -0.4 is 5.32 Å². The van der Waals surface area contributed by atoms with E-state index in [0.717, 1.165) is 5.69 Å². The van der Waals surface area contributed by atoms with Crippen LogP contribution in [0.3, 0.4) is 0 Å². The minimum atomic E-state index is -0.314. The molecule has 0 saturated heterocycles. The molecular formula is C17H13ClN2O2. The van der Waals surface area contributed by atoms with Crippen LogP contribution in [0.5, 0.6) is 5.75 Å². The Morgan fingerprint density at radius 3 is 2.64 bits per heavy atom. The van der Waals surface area contributed by atoms with Crippen LogP contribution in [-0.4, -0.2) is 16.0 Å². The number of halogens is 1. The summed E-state index contributed by atoms with van der Waals surface area (Å²) < 4.78 is 0. The van der Waals surface area contributed by atoms with Crippen molar-refractivity contribution < 1.29 is 9.90 Å². The highest BCUT2D eigenvalue weighted by Crippen LogP contribution is 2.37. The molecule has 0 fully saturated rings. The van der Waals surface area contributed by atoms with Crippen LogP contribution in [0.25, 0.3) is 10.9 Å². The molecule has 0 aliphatic rings. The molecule has 2 N–H and O–H groups in total. The van der Waals surface area contributed by atoms with Gasteiger partial charge >= 0.3 is 0 Å². The molecule has 1 heterocycles. The van der Waals surface area contributed by atoms with Crippen molar-refractivity contribution in [2.24, 2.45) is 0 Å². The predicted molar refractivity (Wildman–Crippen MR) is 87.6 cm³/mol. The highest BCUT2D eigenvalue weighted by Gasteiger charge is 2.14. The van der Waals surface area contributed by atoms with Crippen molar-refractivity contribution in [3.05, 3.63) is 64.8 Å². The number of aromatic nitrogens is 1. The van der Waals surface area contributed by atoms with Crippen molar-refractivity contribution in [3.8, 4) is 5.75 Å². The minimum Gasteiger partial charge on any atom is -0.505 e. The van der Waals surface area contributed by atoms with Gasteiger partial charge < -0.3 is 10.4 Å². The van der Waals surface area contributed by atoms with E-state index >= 15 is 0 Å². The van der Waals surface area contributed by atoms with Crippen LogP contribution in [0.2, 0.25) is 5.02 Å². The molecule has 3 rings (SSSR count). The maximum absolute atomic E-state index is 12.2. The zero-order valence-electron chi connectivity index (χ0n) is 11.8. The fraction of sp³-hybridized carbons (Fsp3) is 0.0588. The summed E-state index contributed by atoms with van der Waals surface area (Å²) in [5.74, 6) is -0.359. The van der Waals surface area contributed by atoms with Crippen molar-refractivity contribution in [1.82, 2.24) is 4.98 Å². The number of nitrogens with zero attached hydrogens (tertiary/aromatic N) is 1. The van der Waals surface area contributed by atoms with Gasteiger partial charge in [-0.2, -0.15) is 0 Å². The van der Waals surface area contributed by atoms with E-state index in [1.807, 2.05) is 13.0 Å². The third-order valence-electron chi connectivity index (χ3n) is 3.33. The first kappa shape index (κ1) is 14.4. The van der Waals surface area contributed by atoms with Crippen LogP contribution in [0.4, 0.5) is 5.69 Å². The summed E-state index contributed by atoms with van der Waals surface area (Å²) in [7, 11) is 0. The number of anilines is 1. The molecule has 0 aliphatic heterocycles. The van der Waals surface area contributed by atoms with Crippen molar-refractivity contribution in [2.45, 2.75) is 6.92 Å². The Bertz CT molecular complexity index is 863. The molecule has 0 unspecified atom stereocenters. The van der Waals surface area contributed by atoms with Crippen molar-refractivity contribution in [3.63, 3.8) is 0 Å². The van der Waals surface area contributed by atoms with Gasteiger partial charge in [-0.05, 0) is 37.3 Å². The molecule has 0 bridgehead atoms. The maximum Gasteiger partial charge on any atom is 0.255 e. The molecule has 1 aromatic heterocycles. The molecule has 0 aliphatic carbocycles. The second-order valence-electron chi connectivity index (χ2n) is 4.92. The Balaban J connectivity index is 2.03. The van der Waals surface area contributed by atoms with E-state index in [0.29, 0.717) is 21.5 Å². The molecule has 5 heteroatoms. The summed E-state index contributed by atoms with van der Waals surface area (Å²) in [5, 5.41) is 13.9. The Hall–Kier alpha value is -2.59. The van der Waals surface area contributed by atoms with E-state index in [4.69, 9.17) is 11.6 Å². The topological polar surface area (TPSA) is 62.2 Å². The number of aromatic hydroxyl groups is 1. The van der Waals surface area contributed by atoms with E-state index < -0.39 is 0 Å². The standard InChI is InChI=1S/C17H13ClN2O2/c1-10-7-8-12-15(19-10)13(18)9-14(16(12)21)20-17(22)11-5-3-2-4-6-11/h2-9,21H,1H3,(H,20,22). The average Bonchev–Trinajstić information content (AvgIpc) is 2.53. The third kappa shape index (κ3) is 2.61. The first-order chi connectivity index (χ1) is 10.6. The zero-order chi connectivity index (χ0) is 15.7. The van der Waals surface area contributed by atoms with Gasteiger partial charge in [-0.15, -0.1) is 0 Å². The number of fused-ring (bicyclic) bond motifs is 1. The smallest absolute Gasteiger partial charge is 0.255 e. The number of carbonyl (C=O) groups excluding carboxylic acids is 1. The number of carbonyl (C=O) groups is 1. The Kier molecular flexibility index (Phi) is 3.69. The Morgan fingerprint density at radius 1 is 1.18 bits per heavy atom. The lowest BCUT2D eigenvalue weighted by molar-refractivity contribution is 0.102. The minimum absolute atomic E-state index is 0.0452. The number of phenols is 1. The molecule has 0 saturated carbocycles. The number of aryl methyl sites for hydroxylation is 1. The number of hydrogen-bond acceptors (Lipinski definition) is 3. The molecule has 2 aromatic carbocycles. The number of phenolic OH excluding ortho intramolecular Hbond substituents is 1. The average molecular weight is 313 g/mol. The fourth-order valence-electron chi connectivity index (χ4n) is 2.22. The number of amides is 1. The second-order valence-corrected chi connectivity index (χ2v) is 5.33. The largest absolute Gasteiger partial charge is 0.505 e. The van der Waals surface area contributed by atoms with E-state index in [1.165, 1.54) is 6.07 Å². The molecule has 0 atom stereocenters. The number of pyridine rings is 1. The quantitative estimate of drug-likeness (QED) is 0.699. The monoisotopic (exact) mass is 312 g/mol. The summed E-state index contributed by atoms with van der Waals surface area (Å²) in [6.45, 7) is 1.85. The van der Waals surface area contributed by atoms with Crippen LogP contribution in [0.1, 0.15) is 16.1 Å². The SMILES string of the molecule is Cc1ccc2c(O)c(NC(=O)c3ccccc3)cc(Cl)c2n1. The number of nitrogens with one attached hydrogen (secondary N) is 1. The highest BCUT2D eigenvalue weighted by atomic mass is 35.5. The van der Waals surface area contributed by atoms with E-state index in [1.54, 1.807) is 36.4 Å². The Labute approximate surface area is 132 Å². The second kappa shape index (κ2) is 5.66. The van der Waals surface area contributed by atoms with Gasteiger partial charge in [0.25, 0.3) is 5.91 Å². The normalized spacial score (nSPS) is 10.6. The summed E-state index contributed by atoms with van der Waals surface area (Å²) in [6, 6.07) is 13.8. The predicted octanol–water partition coefficient (Wildman–Crippen LogP) is 4.15. The first-order valence-corrected chi connectivity index (χ1v) is 7.09. The molecule has 0 spiro atoms. The van der Waals surface area contributed by atoms with Gasteiger partial charge in [0, 0.05) is 16.6 Å². The molecule has 110 valence electrons. The van der Waals surface area contributed by atoms with Crippen LogP contribution in [-0.2, 0) is 0 Å². The van der Waals surface area contributed by atoms with Gasteiger partial charge in [-0.3, -0.25) is 9.78 Å². The number of benzene rings is 2. The van der Waals surface area contributed by atoms with Gasteiger partial charge in [0.2, 0.25) is 0 Å².